The van der Waals surface area contributed by atoms with Gasteiger partial charge in [-0.3, -0.25) is 14.5 Å². The third-order valence-electron chi connectivity index (χ3n) is 5.28. The summed E-state index contributed by atoms with van der Waals surface area (Å²) in [6.45, 7) is -0.0733. The minimum absolute atomic E-state index is 0.112. The number of nitrogens with one attached hydrogen (secondary N) is 1. The number of urea groups is 1. The molecule has 0 atom stereocenters. The molecule has 3 aliphatic rings. The summed E-state index contributed by atoms with van der Waals surface area (Å²) in [7, 11) is 0. The monoisotopic (exact) mass is 327 g/mol. The van der Waals surface area contributed by atoms with E-state index < -0.39 is 0 Å². The minimum Gasteiger partial charge on any atom is -0.345 e. The van der Waals surface area contributed by atoms with Gasteiger partial charge in [0.15, 0.2) is 0 Å². The number of rotatable bonds is 5. The molecule has 1 aromatic rings. The van der Waals surface area contributed by atoms with E-state index in [2.05, 4.69) is 5.32 Å². The van der Waals surface area contributed by atoms with Crippen LogP contribution in [0.25, 0.3) is 0 Å². The van der Waals surface area contributed by atoms with Crippen LogP contribution >= 0.6 is 0 Å². The molecule has 1 aliphatic heterocycles. The molecule has 0 radical (unpaired) electrons. The second kappa shape index (κ2) is 5.61. The SMILES string of the molecule is O=C(CN1C(=O)CN(C2CC2)C1=O)NC1(c2ccccc2)CCC1. The van der Waals surface area contributed by atoms with Crippen molar-refractivity contribution in [2.75, 3.05) is 13.1 Å². The van der Waals surface area contributed by atoms with Crippen molar-refractivity contribution < 1.29 is 14.4 Å². The van der Waals surface area contributed by atoms with Crippen LogP contribution in [0, 0.1) is 0 Å². The highest BCUT2D eigenvalue weighted by atomic mass is 16.2. The molecule has 1 heterocycles. The first kappa shape index (κ1) is 15.2. The van der Waals surface area contributed by atoms with Gasteiger partial charge in [-0.15, -0.1) is 0 Å². The smallest absolute Gasteiger partial charge is 0.327 e. The zero-order valence-corrected chi connectivity index (χ0v) is 13.5. The summed E-state index contributed by atoms with van der Waals surface area (Å²) < 4.78 is 0. The molecule has 1 aromatic carbocycles. The Morgan fingerprint density at radius 1 is 1.17 bits per heavy atom. The van der Waals surface area contributed by atoms with Gasteiger partial charge in [0.2, 0.25) is 5.91 Å². The first-order valence-corrected chi connectivity index (χ1v) is 8.57. The van der Waals surface area contributed by atoms with E-state index in [0.717, 1.165) is 42.6 Å². The fraction of sp³-hybridized carbons (Fsp3) is 0.500. The molecular weight excluding hydrogens is 306 g/mol. The van der Waals surface area contributed by atoms with Gasteiger partial charge in [-0.1, -0.05) is 30.3 Å². The van der Waals surface area contributed by atoms with Crippen LogP contribution in [0.2, 0.25) is 0 Å². The first-order valence-electron chi connectivity index (χ1n) is 8.57. The predicted molar refractivity (Wildman–Crippen MR) is 87.0 cm³/mol. The van der Waals surface area contributed by atoms with Crippen LogP contribution in [0.1, 0.15) is 37.7 Å². The van der Waals surface area contributed by atoms with Gasteiger partial charge in [0, 0.05) is 6.04 Å². The van der Waals surface area contributed by atoms with Gasteiger partial charge in [-0.25, -0.2) is 4.79 Å². The second-order valence-corrected chi connectivity index (χ2v) is 6.97. The molecule has 3 fully saturated rings. The molecular formula is C18H21N3O3. The Balaban J connectivity index is 1.43. The van der Waals surface area contributed by atoms with Crippen LogP contribution in [-0.2, 0) is 15.1 Å². The third-order valence-corrected chi connectivity index (χ3v) is 5.28. The molecule has 0 spiro atoms. The largest absolute Gasteiger partial charge is 0.345 e. The molecule has 6 nitrogen and oxygen atoms in total. The number of carbonyl (C=O) groups excluding carboxylic acids is 3. The van der Waals surface area contributed by atoms with Crippen LogP contribution < -0.4 is 5.32 Å². The summed E-state index contributed by atoms with van der Waals surface area (Å²) in [5.41, 5.74) is 0.739. The van der Waals surface area contributed by atoms with E-state index in [1.165, 1.54) is 0 Å². The van der Waals surface area contributed by atoms with E-state index in [0.29, 0.717) is 0 Å². The first-order chi connectivity index (χ1) is 11.6. The molecule has 1 N–H and O–H groups in total. The lowest BCUT2D eigenvalue weighted by Crippen LogP contribution is -2.53. The van der Waals surface area contributed by atoms with Crippen LogP contribution in [0.5, 0.6) is 0 Å². The minimum atomic E-state index is -0.347. The van der Waals surface area contributed by atoms with Gasteiger partial charge in [-0.2, -0.15) is 0 Å². The fourth-order valence-corrected chi connectivity index (χ4v) is 3.61. The van der Waals surface area contributed by atoms with E-state index in [9.17, 15) is 14.4 Å². The number of carbonyl (C=O) groups is 3. The summed E-state index contributed by atoms with van der Waals surface area (Å²) >= 11 is 0. The predicted octanol–water partition coefficient (Wildman–Crippen LogP) is 1.61. The Morgan fingerprint density at radius 2 is 1.88 bits per heavy atom. The van der Waals surface area contributed by atoms with Crippen LogP contribution in [0.3, 0.4) is 0 Å². The van der Waals surface area contributed by atoms with E-state index in [-0.39, 0.29) is 42.5 Å². The molecule has 2 aliphatic carbocycles. The number of amides is 4. The number of hydrogen-bond donors (Lipinski definition) is 1. The highest BCUT2D eigenvalue weighted by Crippen LogP contribution is 2.41. The number of imide groups is 1. The van der Waals surface area contributed by atoms with Crippen molar-refractivity contribution in [2.45, 2.75) is 43.7 Å². The van der Waals surface area contributed by atoms with Crippen molar-refractivity contribution in [3.63, 3.8) is 0 Å². The number of benzene rings is 1. The van der Waals surface area contributed by atoms with Crippen molar-refractivity contribution in [1.29, 1.82) is 0 Å². The molecule has 4 amide bonds. The van der Waals surface area contributed by atoms with Gasteiger partial charge in [0.05, 0.1) is 5.54 Å². The Bertz CT molecular complexity index is 680. The Hall–Kier alpha value is -2.37. The maximum atomic E-state index is 12.5. The van der Waals surface area contributed by atoms with Crippen LogP contribution in [-0.4, -0.2) is 46.8 Å². The second-order valence-electron chi connectivity index (χ2n) is 6.97. The molecule has 126 valence electrons. The highest BCUT2D eigenvalue weighted by molar-refractivity contribution is 6.04. The van der Waals surface area contributed by atoms with Crippen molar-refractivity contribution >= 4 is 17.8 Å². The van der Waals surface area contributed by atoms with Gasteiger partial charge in [-0.05, 0) is 37.7 Å². The quantitative estimate of drug-likeness (QED) is 0.835. The molecule has 1 saturated heterocycles. The normalized spacial score (nSPS) is 22.5. The molecule has 6 heteroatoms. The Labute approximate surface area is 140 Å². The molecule has 4 rings (SSSR count). The van der Waals surface area contributed by atoms with E-state index in [4.69, 9.17) is 0 Å². The van der Waals surface area contributed by atoms with Crippen molar-refractivity contribution in [2.24, 2.45) is 0 Å². The topological polar surface area (TPSA) is 69.7 Å². The van der Waals surface area contributed by atoms with Gasteiger partial charge >= 0.3 is 6.03 Å². The summed E-state index contributed by atoms with van der Waals surface area (Å²) in [6, 6.07) is 9.77. The lowest BCUT2D eigenvalue weighted by molar-refractivity contribution is -0.132. The number of hydrogen-bond acceptors (Lipinski definition) is 3. The maximum absolute atomic E-state index is 12.5. The highest BCUT2D eigenvalue weighted by Gasteiger charge is 2.45. The average molecular weight is 327 g/mol. The number of nitrogens with zero attached hydrogens (tertiary/aromatic N) is 2. The van der Waals surface area contributed by atoms with Gasteiger partial charge in [0.1, 0.15) is 13.1 Å². The zero-order valence-electron chi connectivity index (χ0n) is 13.5. The Morgan fingerprint density at radius 3 is 2.46 bits per heavy atom. The summed E-state index contributed by atoms with van der Waals surface area (Å²) in [5, 5.41) is 3.07. The molecule has 0 unspecified atom stereocenters. The summed E-state index contributed by atoms with van der Waals surface area (Å²) in [5.74, 6) is -0.540. The van der Waals surface area contributed by atoms with E-state index in [1.807, 2.05) is 30.3 Å². The van der Waals surface area contributed by atoms with Gasteiger partial charge in [0.25, 0.3) is 5.91 Å². The maximum Gasteiger partial charge on any atom is 0.327 e. The summed E-state index contributed by atoms with van der Waals surface area (Å²) in [4.78, 5) is 39.5. The molecule has 0 aromatic heterocycles. The standard InChI is InChI=1S/C18H21N3O3/c22-15(11-21-16(23)12-20(17(21)24)14-7-8-14)19-18(9-4-10-18)13-5-2-1-3-6-13/h1-3,5-6,14H,4,7-12H2,(H,19,22). The van der Waals surface area contributed by atoms with Crippen molar-refractivity contribution in [1.82, 2.24) is 15.1 Å². The Kier molecular flexibility index (Phi) is 3.55. The molecule has 2 saturated carbocycles. The fourth-order valence-electron chi connectivity index (χ4n) is 3.61. The molecule has 24 heavy (non-hydrogen) atoms. The van der Waals surface area contributed by atoms with Crippen molar-refractivity contribution in [3.05, 3.63) is 35.9 Å². The summed E-state index contributed by atoms with van der Waals surface area (Å²) in [6.07, 6.45) is 4.75. The third kappa shape index (κ3) is 2.56. The average Bonchev–Trinajstić information content (AvgIpc) is 3.34. The van der Waals surface area contributed by atoms with Crippen LogP contribution in [0.4, 0.5) is 4.79 Å². The van der Waals surface area contributed by atoms with E-state index in [1.54, 1.807) is 4.90 Å². The zero-order chi connectivity index (χ0) is 16.7. The lowest BCUT2D eigenvalue weighted by atomic mass is 9.72. The van der Waals surface area contributed by atoms with Gasteiger partial charge < -0.3 is 10.2 Å². The van der Waals surface area contributed by atoms with E-state index >= 15 is 0 Å². The van der Waals surface area contributed by atoms with Crippen LogP contribution in [0.15, 0.2) is 30.3 Å². The van der Waals surface area contributed by atoms with Crippen molar-refractivity contribution in [3.8, 4) is 0 Å². The lowest BCUT2D eigenvalue weighted by Gasteiger charge is -2.43. The molecule has 0 bridgehead atoms.